The minimum absolute atomic E-state index is 0.542. The van der Waals surface area contributed by atoms with Gasteiger partial charge in [0.25, 0.3) is 0 Å². The van der Waals surface area contributed by atoms with E-state index in [1.165, 1.54) is 24.6 Å². The average molecular weight is 402 g/mol. The molecular formula is C22H21F3N2O2. The lowest BCUT2D eigenvalue weighted by Gasteiger charge is -2.27. The lowest BCUT2D eigenvalue weighted by atomic mass is 9.97. The van der Waals surface area contributed by atoms with Crippen molar-refractivity contribution >= 4 is 17.4 Å². The van der Waals surface area contributed by atoms with E-state index in [0.717, 1.165) is 50.0 Å². The number of benzene rings is 1. The van der Waals surface area contributed by atoms with E-state index in [2.05, 4.69) is 9.88 Å². The third-order valence-corrected chi connectivity index (χ3v) is 4.76. The van der Waals surface area contributed by atoms with Crippen LogP contribution in [0, 0.1) is 0 Å². The summed E-state index contributed by atoms with van der Waals surface area (Å²) in [6.07, 6.45) is 4.61. The zero-order valence-electron chi connectivity index (χ0n) is 15.7. The summed E-state index contributed by atoms with van der Waals surface area (Å²) in [7, 11) is 0. The maximum Gasteiger partial charge on any atom is 0.416 e. The van der Waals surface area contributed by atoms with Gasteiger partial charge in [-0.3, -0.25) is 0 Å². The molecule has 2 aromatic rings. The van der Waals surface area contributed by atoms with Gasteiger partial charge in [0, 0.05) is 30.9 Å². The first kappa shape index (κ1) is 20.6. The number of anilines is 1. The van der Waals surface area contributed by atoms with Crippen LogP contribution in [0.4, 0.5) is 19.0 Å². The molecule has 1 aromatic heterocycles. The van der Waals surface area contributed by atoms with Crippen LogP contribution in [0.5, 0.6) is 0 Å². The smallest absolute Gasteiger partial charge is 0.416 e. The Balaban J connectivity index is 1.92. The van der Waals surface area contributed by atoms with Crippen molar-refractivity contribution in [2.75, 3.05) is 18.0 Å². The molecule has 0 spiro atoms. The Labute approximate surface area is 167 Å². The van der Waals surface area contributed by atoms with E-state index >= 15 is 0 Å². The van der Waals surface area contributed by atoms with Crippen molar-refractivity contribution in [1.29, 1.82) is 0 Å². The molecule has 1 saturated heterocycles. The number of piperidine rings is 1. The fraction of sp³-hybridized carbons (Fsp3) is 0.273. The van der Waals surface area contributed by atoms with E-state index in [1.54, 1.807) is 12.3 Å². The monoisotopic (exact) mass is 402 g/mol. The van der Waals surface area contributed by atoms with E-state index in [1.807, 2.05) is 12.1 Å². The number of allylic oxidation sites excluding steroid dienone is 2. The van der Waals surface area contributed by atoms with Gasteiger partial charge in [0.05, 0.1) is 5.56 Å². The van der Waals surface area contributed by atoms with Gasteiger partial charge in [0.1, 0.15) is 5.82 Å². The molecule has 0 atom stereocenters. The first-order valence-corrected chi connectivity index (χ1v) is 9.35. The number of hydrogen-bond acceptors (Lipinski definition) is 3. The Morgan fingerprint density at radius 3 is 2.21 bits per heavy atom. The molecule has 7 heteroatoms. The van der Waals surface area contributed by atoms with Gasteiger partial charge >= 0.3 is 12.1 Å². The highest BCUT2D eigenvalue weighted by Gasteiger charge is 2.30. The Hall–Kier alpha value is -3.09. The Kier molecular flexibility index (Phi) is 6.36. The van der Waals surface area contributed by atoms with Crippen molar-refractivity contribution < 1.29 is 23.1 Å². The van der Waals surface area contributed by atoms with Gasteiger partial charge in [-0.1, -0.05) is 24.3 Å². The maximum absolute atomic E-state index is 12.9. The molecule has 0 radical (unpaired) electrons. The minimum atomic E-state index is -4.41. The highest BCUT2D eigenvalue weighted by Crippen LogP contribution is 2.31. The number of carboxylic acid groups (broad SMARTS) is 1. The van der Waals surface area contributed by atoms with Crippen LogP contribution in [0.25, 0.3) is 5.57 Å². The Morgan fingerprint density at radius 2 is 1.66 bits per heavy atom. The third kappa shape index (κ3) is 5.47. The van der Waals surface area contributed by atoms with Gasteiger partial charge in [0.15, 0.2) is 0 Å². The number of rotatable bonds is 5. The summed E-state index contributed by atoms with van der Waals surface area (Å²) >= 11 is 0. The first-order valence-electron chi connectivity index (χ1n) is 9.35. The highest BCUT2D eigenvalue weighted by molar-refractivity contribution is 5.84. The molecule has 4 nitrogen and oxygen atoms in total. The fourth-order valence-electron chi connectivity index (χ4n) is 3.28. The number of nitrogens with zero attached hydrogens (tertiary/aromatic N) is 2. The van der Waals surface area contributed by atoms with E-state index in [4.69, 9.17) is 5.11 Å². The summed E-state index contributed by atoms with van der Waals surface area (Å²) in [5.41, 5.74) is 1.09. The largest absolute Gasteiger partial charge is 0.478 e. The zero-order valence-corrected chi connectivity index (χ0v) is 15.7. The molecule has 1 aliphatic heterocycles. The van der Waals surface area contributed by atoms with Crippen molar-refractivity contribution in [3.05, 3.63) is 77.5 Å². The van der Waals surface area contributed by atoms with Crippen LogP contribution >= 0.6 is 0 Å². The van der Waals surface area contributed by atoms with Gasteiger partial charge < -0.3 is 10.0 Å². The Bertz CT molecular complexity index is 895. The topological polar surface area (TPSA) is 53.4 Å². The zero-order chi connectivity index (χ0) is 20.9. The molecule has 1 fully saturated rings. The average Bonchev–Trinajstić information content (AvgIpc) is 2.71. The van der Waals surface area contributed by atoms with Gasteiger partial charge in [0.2, 0.25) is 0 Å². The second-order valence-corrected chi connectivity index (χ2v) is 6.81. The number of pyridine rings is 1. The number of hydrogen-bond donors (Lipinski definition) is 1. The molecule has 0 bridgehead atoms. The summed E-state index contributed by atoms with van der Waals surface area (Å²) < 4.78 is 38.6. The molecule has 29 heavy (non-hydrogen) atoms. The molecule has 1 aliphatic rings. The minimum Gasteiger partial charge on any atom is -0.478 e. The van der Waals surface area contributed by atoms with Gasteiger partial charge in [-0.15, -0.1) is 0 Å². The summed E-state index contributed by atoms with van der Waals surface area (Å²) in [5.74, 6) is -0.243. The van der Waals surface area contributed by atoms with Crippen LogP contribution in [0.1, 0.15) is 36.0 Å². The summed E-state index contributed by atoms with van der Waals surface area (Å²) in [6, 6.07) is 8.53. The molecule has 2 heterocycles. The maximum atomic E-state index is 12.9. The van der Waals surface area contributed by atoms with Gasteiger partial charge in [-0.05, 0) is 54.7 Å². The van der Waals surface area contributed by atoms with E-state index in [0.29, 0.717) is 16.7 Å². The molecule has 152 valence electrons. The van der Waals surface area contributed by atoms with Crippen LogP contribution in [0.15, 0.2) is 60.8 Å². The van der Waals surface area contributed by atoms with Gasteiger partial charge in [-0.25, -0.2) is 9.78 Å². The lowest BCUT2D eigenvalue weighted by Crippen LogP contribution is -2.30. The van der Waals surface area contributed by atoms with E-state index in [-0.39, 0.29) is 0 Å². The van der Waals surface area contributed by atoms with Crippen molar-refractivity contribution in [2.24, 2.45) is 0 Å². The van der Waals surface area contributed by atoms with Crippen LogP contribution in [-0.2, 0) is 11.0 Å². The molecule has 0 saturated carbocycles. The van der Waals surface area contributed by atoms with Crippen molar-refractivity contribution in [3.63, 3.8) is 0 Å². The van der Waals surface area contributed by atoms with Crippen LogP contribution < -0.4 is 4.90 Å². The molecule has 0 unspecified atom stereocenters. The van der Waals surface area contributed by atoms with Crippen LogP contribution in [0.2, 0.25) is 0 Å². The molecule has 1 N–H and O–H groups in total. The highest BCUT2D eigenvalue weighted by atomic mass is 19.4. The van der Waals surface area contributed by atoms with Gasteiger partial charge in [-0.2, -0.15) is 13.2 Å². The quantitative estimate of drug-likeness (QED) is 0.554. The molecule has 0 aliphatic carbocycles. The van der Waals surface area contributed by atoms with Crippen molar-refractivity contribution in [3.8, 4) is 0 Å². The van der Waals surface area contributed by atoms with Crippen LogP contribution in [0.3, 0.4) is 0 Å². The SMILES string of the molecule is O=C(O)C=CC=C(c1ccc(C(F)(F)F)cc1)c1ccc(N2CCCCC2)nc1. The number of carbonyl (C=O) groups is 1. The number of halogens is 3. The normalized spacial score (nSPS) is 15.7. The molecule has 3 rings (SSSR count). The first-order chi connectivity index (χ1) is 13.8. The Morgan fingerprint density at radius 1 is 1.00 bits per heavy atom. The van der Waals surface area contributed by atoms with E-state index in [9.17, 15) is 18.0 Å². The number of aliphatic carboxylic acids is 1. The number of alkyl halides is 3. The lowest BCUT2D eigenvalue weighted by molar-refractivity contribution is -0.137. The summed E-state index contributed by atoms with van der Waals surface area (Å²) in [6.45, 7) is 1.91. The van der Waals surface area contributed by atoms with E-state index < -0.39 is 17.7 Å². The molecule has 0 amide bonds. The second kappa shape index (κ2) is 8.94. The van der Waals surface area contributed by atoms with Crippen molar-refractivity contribution in [1.82, 2.24) is 4.98 Å². The molecular weight excluding hydrogens is 381 g/mol. The van der Waals surface area contributed by atoms with Crippen molar-refractivity contribution in [2.45, 2.75) is 25.4 Å². The second-order valence-electron chi connectivity index (χ2n) is 6.81. The number of aromatic nitrogens is 1. The predicted octanol–water partition coefficient (Wildman–Crippen LogP) is 5.16. The fourth-order valence-corrected chi connectivity index (χ4v) is 3.28. The summed E-state index contributed by atoms with van der Waals surface area (Å²) in [4.78, 5) is 17.5. The molecule has 1 aromatic carbocycles. The predicted molar refractivity (Wildman–Crippen MR) is 106 cm³/mol. The standard InChI is InChI=1S/C22H21F3N2O2/c23-22(24,25)18-10-7-16(8-11-18)19(5-4-6-21(28)29)17-9-12-20(26-15-17)27-13-2-1-3-14-27/h4-12,15H,1-3,13-14H2,(H,28,29). The van der Waals surface area contributed by atoms with Crippen LogP contribution in [-0.4, -0.2) is 29.1 Å². The number of carboxylic acids is 1. The summed E-state index contributed by atoms with van der Waals surface area (Å²) in [5, 5.41) is 8.82. The third-order valence-electron chi connectivity index (χ3n) is 4.76.